The van der Waals surface area contributed by atoms with Crippen molar-refractivity contribution in [3.05, 3.63) is 109 Å². The molecule has 506 valence electrons. The average molecular weight is 1230 g/mol. The number of unbranched alkanes of at least 4 members (excludes halogenated alkanes) is 34. The summed E-state index contributed by atoms with van der Waals surface area (Å²) >= 11 is 0. The second kappa shape index (κ2) is 68.9. The summed E-state index contributed by atoms with van der Waals surface area (Å²) in [5.41, 5.74) is 0. The van der Waals surface area contributed by atoms with Gasteiger partial charge in [-0.05, 0) is 83.5 Å². The summed E-state index contributed by atoms with van der Waals surface area (Å²) in [6.45, 7) is 4.78. The minimum atomic E-state index is -1.52. The first kappa shape index (κ1) is 84.0. The fraction of sp³-hybridized carbons (Fsp3) is 0.734. The topological polar surface area (TPSA) is 108 Å². The van der Waals surface area contributed by atoms with Gasteiger partial charge >= 0.3 is 17.9 Å². The molecule has 0 radical (unpaired) electrons. The molecule has 0 aromatic carbocycles. The van der Waals surface area contributed by atoms with Gasteiger partial charge in [0.05, 0.1) is 34.4 Å². The molecular weight excluding hydrogens is 1090 g/mol. The van der Waals surface area contributed by atoms with E-state index in [1.807, 2.05) is 21.1 Å². The maximum absolute atomic E-state index is 13.0. The van der Waals surface area contributed by atoms with E-state index in [1.54, 1.807) is 0 Å². The molecule has 0 aliphatic heterocycles. The molecule has 0 aliphatic rings. The van der Waals surface area contributed by atoms with Crippen LogP contribution in [0, 0.1) is 0 Å². The van der Waals surface area contributed by atoms with E-state index in [4.69, 9.17) is 18.9 Å². The van der Waals surface area contributed by atoms with Crippen LogP contribution in [0.2, 0.25) is 0 Å². The van der Waals surface area contributed by atoms with Gasteiger partial charge in [-0.25, -0.2) is 4.79 Å². The van der Waals surface area contributed by atoms with Gasteiger partial charge in [-0.2, -0.15) is 0 Å². The van der Waals surface area contributed by atoms with Crippen molar-refractivity contribution in [3.8, 4) is 0 Å². The number of nitrogens with zero attached hydrogens (tertiary/aromatic N) is 1. The van der Waals surface area contributed by atoms with Gasteiger partial charge in [0.1, 0.15) is 13.2 Å². The number of hydrogen-bond acceptors (Lipinski definition) is 7. The number of carbonyl (C=O) groups is 3. The van der Waals surface area contributed by atoms with E-state index >= 15 is 0 Å². The molecule has 0 aliphatic carbocycles. The molecule has 88 heavy (non-hydrogen) atoms. The molecule has 9 heteroatoms. The SMILES string of the molecule is CC/C=C\C/C=C\C/C=C\C/C=C\C/C=C\C/C=C\C/C=C\C/C=C\C/C=C\CCCCCCCCCC(=O)OC(COC(=O)CCCCCCCCCCCCCCCCCCCCCCCCCCCCCC)COC(OCC[N+](C)(C)C)C(=O)O. The van der Waals surface area contributed by atoms with Crippen LogP contribution >= 0.6 is 0 Å². The van der Waals surface area contributed by atoms with Crippen LogP contribution in [0.4, 0.5) is 0 Å². The summed E-state index contributed by atoms with van der Waals surface area (Å²) in [6.07, 6.45) is 93.5. The number of aliphatic carboxylic acids is 1. The van der Waals surface area contributed by atoms with Crippen molar-refractivity contribution in [1.29, 1.82) is 0 Å². The second-order valence-corrected chi connectivity index (χ2v) is 25.5. The number of quaternary nitrogens is 1. The lowest BCUT2D eigenvalue weighted by atomic mass is 10.0. The molecule has 0 rings (SSSR count). The van der Waals surface area contributed by atoms with Crippen LogP contribution in [-0.2, 0) is 33.3 Å². The zero-order valence-corrected chi connectivity index (χ0v) is 57.9. The summed E-state index contributed by atoms with van der Waals surface area (Å²) in [7, 11) is 5.97. The van der Waals surface area contributed by atoms with Crippen molar-refractivity contribution in [3.63, 3.8) is 0 Å². The summed E-state index contributed by atoms with van der Waals surface area (Å²) in [6, 6.07) is 0. The molecule has 0 heterocycles. The molecular formula is C79H138NO8+. The third-order valence-electron chi connectivity index (χ3n) is 15.8. The molecule has 0 spiro atoms. The maximum Gasteiger partial charge on any atom is 0.361 e. The van der Waals surface area contributed by atoms with Crippen LogP contribution in [0.25, 0.3) is 0 Å². The number of carbonyl (C=O) groups excluding carboxylic acids is 2. The zero-order valence-electron chi connectivity index (χ0n) is 57.9. The molecule has 0 amide bonds. The highest BCUT2D eigenvalue weighted by atomic mass is 16.7. The molecule has 0 aromatic rings. The Hall–Kier alpha value is -4.05. The molecule has 0 aromatic heterocycles. The Balaban J connectivity index is 4.15. The quantitative estimate of drug-likeness (QED) is 0.0211. The third-order valence-corrected chi connectivity index (χ3v) is 15.8. The molecule has 2 atom stereocenters. The lowest BCUT2D eigenvalue weighted by molar-refractivity contribution is -0.870. The number of allylic oxidation sites excluding steroid dienone is 18. The third kappa shape index (κ3) is 69.4. The van der Waals surface area contributed by atoms with Gasteiger partial charge < -0.3 is 28.5 Å². The predicted molar refractivity (Wildman–Crippen MR) is 378 cm³/mol. The van der Waals surface area contributed by atoms with Gasteiger partial charge in [0, 0.05) is 12.8 Å². The smallest absolute Gasteiger partial charge is 0.361 e. The highest BCUT2D eigenvalue weighted by molar-refractivity contribution is 5.71. The predicted octanol–water partition coefficient (Wildman–Crippen LogP) is 23.0. The Kier molecular flexibility index (Phi) is 65.7. The van der Waals surface area contributed by atoms with Gasteiger partial charge in [0.25, 0.3) is 6.29 Å². The van der Waals surface area contributed by atoms with Crippen LogP contribution in [-0.4, -0.2) is 87.4 Å². The van der Waals surface area contributed by atoms with Gasteiger partial charge in [-0.1, -0.05) is 329 Å². The van der Waals surface area contributed by atoms with E-state index < -0.39 is 24.3 Å². The van der Waals surface area contributed by atoms with Crippen LogP contribution in [0.1, 0.15) is 316 Å². The summed E-state index contributed by atoms with van der Waals surface area (Å²) in [4.78, 5) is 37.7. The largest absolute Gasteiger partial charge is 0.477 e. The minimum absolute atomic E-state index is 0.182. The van der Waals surface area contributed by atoms with Crippen LogP contribution < -0.4 is 0 Å². The summed E-state index contributed by atoms with van der Waals surface area (Å²) < 4.78 is 23.0. The van der Waals surface area contributed by atoms with Crippen molar-refractivity contribution in [1.82, 2.24) is 0 Å². The standard InChI is InChI=1S/C79H137NO8/c1-6-8-10-12-14-16-18-20-22-24-26-28-30-32-34-36-37-38-39-40-41-42-44-46-48-50-52-54-56-58-60-62-64-66-68-70-77(82)88-75(74-87-79(78(83)84)85-72-71-80(3,4)5)73-86-76(81)69-67-65-63-61-59-57-55-53-51-49-47-45-43-35-33-31-29-27-25-23-21-19-17-15-13-11-9-7-2/h8,10,14,16,20,22,26,28,32,34,37-38,40-41,44,46,50,52,75,79H,6-7,9,11-13,15,17-19,21,23-25,27,29-31,33,35-36,39,42-43,45,47-49,51,53-74H2,1-5H3/p+1/b10-8-,16-14-,22-20-,28-26-,34-32-,38-37-,41-40-,46-44-,52-50-. The lowest BCUT2D eigenvalue weighted by Crippen LogP contribution is -2.40. The number of hydrogen-bond donors (Lipinski definition) is 1. The number of carboxylic acid groups (broad SMARTS) is 1. The van der Waals surface area contributed by atoms with E-state index in [0.717, 1.165) is 103 Å². The highest BCUT2D eigenvalue weighted by Crippen LogP contribution is 2.18. The highest BCUT2D eigenvalue weighted by Gasteiger charge is 2.25. The number of likely N-dealkylation sites (N-methyl/N-ethyl adjacent to an activating group) is 1. The Bertz CT molecular complexity index is 1810. The normalized spacial score (nSPS) is 13.3. The van der Waals surface area contributed by atoms with Gasteiger partial charge in [-0.15, -0.1) is 0 Å². The van der Waals surface area contributed by atoms with E-state index in [0.29, 0.717) is 23.9 Å². The van der Waals surface area contributed by atoms with Crippen molar-refractivity contribution < 1.29 is 42.9 Å². The van der Waals surface area contributed by atoms with E-state index in [1.165, 1.54) is 180 Å². The lowest BCUT2D eigenvalue weighted by Gasteiger charge is -2.25. The fourth-order valence-electron chi connectivity index (χ4n) is 10.2. The van der Waals surface area contributed by atoms with Gasteiger partial charge in [0.2, 0.25) is 0 Å². The van der Waals surface area contributed by atoms with Crippen molar-refractivity contribution in [2.45, 2.75) is 328 Å². The molecule has 9 nitrogen and oxygen atoms in total. The summed E-state index contributed by atoms with van der Waals surface area (Å²) in [5, 5.41) is 9.75. The Morgan fingerprint density at radius 3 is 0.966 bits per heavy atom. The summed E-state index contributed by atoms with van der Waals surface area (Å²) in [5.74, 6) is -2.01. The van der Waals surface area contributed by atoms with E-state index in [9.17, 15) is 19.5 Å². The second-order valence-electron chi connectivity index (χ2n) is 25.5. The van der Waals surface area contributed by atoms with Crippen LogP contribution in [0.15, 0.2) is 109 Å². The molecule has 0 saturated heterocycles. The number of carboxylic acids is 1. The average Bonchev–Trinajstić information content (AvgIpc) is 3.54. The Morgan fingerprint density at radius 2 is 0.648 bits per heavy atom. The first-order chi connectivity index (χ1) is 43.1. The van der Waals surface area contributed by atoms with E-state index in [2.05, 4.69) is 123 Å². The van der Waals surface area contributed by atoms with Gasteiger partial charge in [0.15, 0.2) is 6.10 Å². The van der Waals surface area contributed by atoms with Crippen LogP contribution in [0.3, 0.4) is 0 Å². The monoisotopic (exact) mass is 1230 g/mol. The Labute approximate surface area is 543 Å². The number of esters is 2. The fourth-order valence-corrected chi connectivity index (χ4v) is 10.2. The molecule has 0 bridgehead atoms. The molecule has 0 saturated carbocycles. The maximum atomic E-state index is 13.0. The molecule has 0 fully saturated rings. The van der Waals surface area contributed by atoms with E-state index in [-0.39, 0.29) is 32.2 Å². The molecule has 2 unspecified atom stereocenters. The zero-order chi connectivity index (χ0) is 64.0. The molecule has 1 N–H and O–H groups in total. The van der Waals surface area contributed by atoms with Crippen molar-refractivity contribution in [2.24, 2.45) is 0 Å². The first-order valence-corrected chi connectivity index (χ1v) is 36.6. The van der Waals surface area contributed by atoms with Gasteiger partial charge in [-0.3, -0.25) is 9.59 Å². The van der Waals surface area contributed by atoms with Crippen molar-refractivity contribution in [2.75, 3.05) is 47.5 Å². The minimum Gasteiger partial charge on any atom is -0.477 e. The first-order valence-electron chi connectivity index (χ1n) is 36.6. The number of ether oxygens (including phenoxy) is 4. The number of rotatable bonds is 67. The van der Waals surface area contributed by atoms with Crippen LogP contribution in [0.5, 0.6) is 0 Å². The Morgan fingerprint density at radius 1 is 0.352 bits per heavy atom. The van der Waals surface area contributed by atoms with Crippen molar-refractivity contribution >= 4 is 17.9 Å².